The maximum atomic E-state index is 12.0. The SMILES string of the molecule is [O-][n+]1c(-c2ccccc2)cc(-c2ccccc2)n1O. The second-order valence-corrected chi connectivity index (χ2v) is 4.21. The quantitative estimate of drug-likeness (QED) is 0.433. The molecule has 19 heavy (non-hydrogen) atoms. The van der Waals surface area contributed by atoms with Crippen molar-refractivity contribution in [2.45, 2.75) is 0 Å². The highest BCUT2D eigenvalue weighted by atomic mass is 16.6. The first-order valence-electron chi connectivity index (χ1n) is 5.93. The zero-order chi connectivity index (χ0) is 13.2. The summed E-state index contributed by atoms with van der Waals surface area (Å²) < 4.78 is 0. The molecular weight excluding hydrogens is 240 g/mol. The largest absolute Gasteiger partial charge is 0.593 e. The van der Waals surface area contributed by atoms with Gasteiger partial charge in [0, 0.05) is 16.5 Å². The molecule has 0 saturated carbocycles. The molecule has 0 aliphatic heterocycles. The Kier molecular flexibility index (Phi) is 2.68. The monoisotopic (exact) mass is 252 g/mol. The summed E-state index contributed by atoms with van der Waals surface area (Å²) in [6.07, 6.45) is 0. The molecular formula is C15H12N2O2. The van der Waals surface area contributed by atoms with Crippen molar-refractivity contribution in [1.29, 1.82) is 0 Å². The fraction of sp³-hybridized carbons (Fsp3) is 0. The Morgan fingerprint density at radius 1 is 0.842 bits per heavy atom. The van der Waals surface area contributed by atoms with Crippen LogP contribution in [0.4, 0.5) is 0 Å². The summed E-state index contributed by atoms with van der Waals surface area (Å²) >= 11 is 0. The second kappa shape index (κ2) is 4.49. The predicted octanol–water partition coefficient (Wildman–Crippen LogP) is 2.69. The Hall–Kier alpha value is -2.75. The molecule has 0 fully saturated rings. The van der Waals surface area contributed by atoms with Gasteiger partial charge in [-0.05, 0) is 17.0 Å². The van der Waals surface area contributed by atoms with Crippen LogP contribution in [-0.2, 0) is 0 Å². The Balaban J connectivity index is 2.16. The number of aromatic nitrogens is 2. The van der Waals surface area contributed by atoms with E-state index >= 15 is 0 Å². The van der Waals surface area contributed by atoms with Gasteiger partial charge in [-0.15, -0.1) is 0 Å². The smallest absolute Gasteiger partial charge is 0.255 e. The van der Waals surface area contributed by atoms with Crippen LogP contribution in [0.15, 0.2) is 66.7 Å². The maximum absolute atomic E-state index is 12.0. The minimum Gasteiger partial charge on any atom is -0.593 e. The van der Waals surface area contributed by atoms with Crippen LogP contribution in [0.1, 0.15) is 0 Å². The van der Waals surface area contributed by atoms with Crippen molar-refractivity contribution in [2.75, 3.05) is 0 Å². The minimum absolute atomic E-state index is 0.418. The van der Waals surface area contributed by atoms with Crippen molar-refractivity contribution in [3.05, 3.63) is 71.9 Å². The van der Waals surface area contributed by atoms with Gasteiger partial charge in [-0.2, -0.15) is 0 Å². The van der Waals surface area contributed by atoms with E-state index in [0.717, 1.165) is 11.1 Å². The van der Waals surface area contributed by atoms with Gasteiger partial charge >= 0.3 is 0 Å². The summed E-state index contributed by atoms with van der Waals surface area (Å²) in [4.78, 5) is 1.11. The third-order valence-corrected chi connectivity index (χ3v) is 3.01. The number of nitrogens with zero attached hydrogens (tertiary/aromatic N) is 2. The lowest BCUT2D eigenvalue weighted by atomic mass is 10.1. The fourth-order valence-corrected chi connectivity index (χ4v) is 2.05. The lowest BCUT2D eigenvalue weighted by Crippen LogP contribution is -2.38. The average Bonchev–Trinajstić information content (AvgIpc) is 2.77. The third kappa shape index (κ3) is 1.93. The molecule has 0 aliphatic rings. The van der Waals surface area contributed by atoms with Gasteiger partial charge in [-0.1, -0.05) is 48.5 Å². The van der Waals surface area contributed by atoms with Crippen molar-refractivity contribution in [1.82, 2.24) is 4.85 Å². The van der Waals surface area contributed by atoms with Gasteiger partial charge in [0.1, 0.15) is 0 Å². The third-order valence-electron chi connectivity index (χ3n) is 3.01. The summed E-state index contributed by atoms with van der Waals surface area (Å²) in [6, 6.07) is 20.2. The molecule has 0 unspecified atom stereocenters. The zero-order valence-corrected chi connectivity index (χ0v) is 10.1. The van der Waals surface area contributed by atoms with Gasteiger partial charge in [-0.25, -0.2) is 0 Å². The molecule has 0 radical (unpaired) electrons. The molecule has 1 heterocycles. The standard InChI is InChI=1S/C15H12N2O2/c18-16-14(12-7-3-1-4-8-12)11-15(17(16)19)13-9-5-2-6-10-13/h1-11,18H. The first kappa shape index (κ1) is 11.3. The van der Waals surface area contributed by atoms with Crippen LogP contribution in [0.2, 0.25) is 0 Å². The highest BCUT2D eigenvalue weighted by molar-refractivity contribution is 5.66. The van der Waals surface area contributed by atoms with E-state index in [1.54, 1.807) is 6.07 Å². The van der Waals surface area contributed by atoms with Crippen LogP contribution in [0.3, 0.4) is 0 Å². The van der Waals surface area contributed by atoms with Crippen LogP contribution in [0.25, 0.3) is 22.5 Å². The number of hydrogen-bond acceptors (Lipinski definition) is 2. The number of rotatable bonds is 2. The molecule has 3 aromatic rings. The van der Waals surface area contributed by atoms with Crippen molar-refractivity contribution in [2.24, 2.45) is 0 Å². The van der Waals surface area contributed by atoms with Gasteiger partial charge in [0.2, 0.25) is 0 Å². The van der Waals surface area contributed by atoms with Crippen LogP contribution < -0.4 is 4.85 Å². The average molecular weight is 252 g/mol. The second-order valence-electron chi connectivity index (χ2n) is 4.21. The molecule has 1 N–H and O–H groups in total. The number of hydrogen-bond donors (Lipinski definition) is 1. The highest BCUT2D eigenvalue weighted by Gasteiger charge is 2.20. The van der Waals surface area contributed by atoms with Crippen molar-refractivity contribution in [3.8, 4) is 22.5 Å². The van der Waals surface area contributed by atoms with E-state index in [0.29, 0.717) is 21.1 Å². The molecule has 2 aromatic carbocycles. The van der Waals surface area contributed by atoms with E-state index < -0.39 is 0 Å². The van der Waals surface area contributed by atoms with Gasteiger partial charge in [0.25, 0.3) is 5.69 Å². The highest BCUT2D eigenvalue weighted by Crippen LogP contribution is 2.23. The molecule has 0 saturated heterocycles. The lowest BCUT2D eigenvalue weighted by Gasteiger charge is -2.00. The summed E-state index contributed by atoms with van der Waals surface area (Å²) in [5.74, 6) is 0. The number of benzene rings is 2. The van der Waals surface area contributed by atoms with Crippen molar-refractivity contribution >= 4 is 0 Å². The Bertz CT molecular complexity index is 631. The van der Waals surface area contributed by atoms with E-state index in [2.05, 4.69) is 0 Å². The lowest BCUT2D eigenvalue weighted by molar-refractivity contribution is -0.714. The van der Waals surface area contributed by atoms with E-state index in [4.69, 9.17) is 0 Å². The molecule has 0 bridgehead atoms. The minimum atomic E-state index is 0.418. The van der Waals surface area contributed by atoms with Crippen LogP contribution >= 0.6 is 0 Å². The van der Waals surface area contributed by atoms with Crippen molar-refractivity contribution in [3.63, 3.8) is 0 Å². The summed E-state index contributed by atoms with van der Waals surface area (Å²) in [6.45, 7) is 0. The first-order valence-corrected chi connectivity index (χ1v) is 5.93. The van der Waals surface area contributed by atoms with E-state index in [9.17, 15) is 10.4 Å². The molecule has 0 atom stereocenters. The predicted molar refractivity (Wildman–Crippen MR) is 71.4 cm³/mol. The molecule has 0 aliphatic carbocycles. The van der Waals surface area contributed by atoms with Gasteiger partial charge in [-0.3, -0.25) is 0 Å². The van der Waals surface area contributed by atoms with Crippen LogP contribution in [0.5, 0.6) is 0 Å². The molecule has 0 spiro atoms. The molecule has 1 aromatic heterocycles. The topological polar surface area (TPSA) is 52.1 Å². The van der Waals surface area contributed by atoms with E-state index in [1.165, 1.54) is 0 Å². The van der Waals surface area contributed by atoms with Crippen LogP contribution in [-0.4, -0.2) is 10.1 Å². The molecule has 0 amide bonds. The molecule has 4 nitrogen and oxygen atoms in total. The van der Waals surface area contributed by atoms with E-state index in [1.807, 2.05) is 60.7 Å². The van der Waals surface area contributed by atoms with Gasteiger partial charge in [0.15, 0.2) is 5.69 Å². The zero-order valence-electron chi connectivity index (χ0n) is 10.1. The normalized spacial score (nSPS) is 10.5. The summed E-state index contributed by atoms with van der Waals surface area (Å²) in [5.41, 5.74) is 2.44. The fourth-order valence-electron chi connectivity index (χ4n) is 2.05. The van der Waals surface area contributed by atoms with E-state index in [-0.39, 0.29) is 0 Å². The summed E-state index contributed by atoms with van der Waals surface area (Å²) in [5, 5.41) is 21.9. The van der Waals surface area contributed by atoms with Crippen molar-refractivity contribution < 1.29 is 10.1 Å². The first-order chi connectivity index (χ1) is 9.27. The Labute approximate surface area is 110 Å². The summed E-state index contributed by atoms with van der Waals surface area (Å²) in [7, 11) is 0. The molecule has 94 valence electrons. The Morgan fingerprint density at radius 3 is 1.95 bits per heavy atom. The molecule has 4 heteroatoms. The van der Waals surface area contributed by atoms with Gasteiger partial charge in [0.05, 0.1) is 5.56 Å². The van der Waals surface area contributed by atoms with Crippen LogP contribution in [0, 0.1) is 5.21 Å². The maximum Gasteiger partial charge on any atom is 0.255 e. The molecule has 3 rings (SSSR count). The Morgan fingerprint density at radius 2 is 1.37 bits per heavy atom. The van der Waals surface area contributed by atoms with Gasteiger partial charge < -0.3 is 10.4 Å².